The van der Waals surface area contributed by atoms with Gasteiger partial charge in [0.15, 0.2) is 0 Å². The summed E-state index contributed by atoms with van der Waals surface area (Å²) in [5, 5.41) is 5.52. The van der Waals surface area contributed by atoms with Crippen molar-refractivity contribution >= 4 is 23.4 Å². The van der Waals surface area contributed by atoms with E-state index in [1.165, 1.54) is 0 Å². The normalized spacial score (nSPS) is 17.1. The summed E-state index contributed by atoms with van der Waals surface area (Å²) in [4.78, 5) is 44.1. The summed E-state index contributed by atoms with van der Waals surface area (Å²) in [7, 11) is 0. The SMILES string of the molecule is Cc1nccn1Cc1ccc(NC(=O)CNC(=O)C2c3ccccc3C(=O)N2C2CC2)cc1. The molecule has 1 unspecified atom stereocenters. The third kappa shape index (κ3) is 4.24. The van der Waals surface area contributed by atoms with Crippen LogP contribution in [0.3, 0.4) is 0 Å². The Hall–Kier alpha value is -3.94. The summed E-state index contributed by atoms with van der Waals surface area (Å²) in [6, 6.07) is 14.2. The number of imidazole rings is 1. The average molecular weight is 444 g/mol. The Balaban J connectivity index is 1.18. The zero-order valence-corrected chi connectivity index (χ0v) is 18.3. The van der Waals surface area contributed by atoms with Crippen LogP contribution in [0.25, 0.3) is 0 Å². The number of aryl methyl sites for hydroxylation is 1. The summed E-state index contributed by atoms with van der Waals surface area (Å²) in [6.07, 6.45) is 5.50. The largest absolute Gasteiger partial charge is 0.345 e. The number of fused-ring (bicyclic) bond motifs is 1. The molecule has 1 atom stereocenters. The molecule has 1 aliphatic heterocycles. The molecule has 2 aliphatic rings. The van der Waals surface area contributed by atoms with Gasteiger partial charge in [-0.3, -0.25) is 14.4 Å². The van der Waals surface area contributed by atoms with E-state index in [0.717, 1.165) is 24.2 Å². The first-order valence-corrected chi connectivity index (χ1v) is 11.1. The maximum atomic E-state index is 13.0. The molecule has 5 rings (SSSR count). The highest BCUT2D eigenvalue weighted by Gasteiger charge is 2.47. The molecule has 0 bridgehead atoms. The number of hydrogen-bond donors (Lipinski definition) is 2. The van der Waals surface area contributed by atoms with Crippen LogP contribution in [-0.4, -0.2) is 44.8 Å². The van der Waals surface area contributed by atoms with Gasteiger partial charge in [-0.2, -0.15) is 0 Å². The molecule has 2 heterocycles. The number of hydrogen-bond acceptors (Lipinski definition) is 4. The van der Waals surface area contributed by atoms with Gasteiger partial charge in [-0.25, -0.2) is 4.98 Å². The van der Waals surface area contributed by atoms with E-state index in [1.54, 1.807) is 23.2 Å². The zero-order valence-electron chi connectivity index (χ0n) is 18.3. The number of nitrogens with one attached hydrogen (secondary N) is 2. The number of anilines is 1. The van der Waals surface area contributed by atoms with Gasteiger partial charge in [0.25, 0.3) is 5.91 Å². The molecule has 8 nitrogen and oxygen atoms in total. The zero-order chi connectivity index (χ0) is 22.9. The van der Waals surface area contributed by atoms with Gasteiger partial charge in [-0.1, -0.05) is 30.3 Å². The van der Waals surface area contributed by atoms with Crippen molar-refractivity contribution < 1.29 is 14.4 Å². The Morgan fingerprint density at radius 1 is 1.09 bits per heavy atom. The first-order chi connectivity index (χ1) is 16.0. The van der Waals surface area contributed by atoms with E-state index in [-0.39, 0.29) is 30.3 Å². The van der Waals surface area contributed by atoms with Gasteiger partial charge >= 0.3 is 0 Å². The Kier molecular flexibility index (Phi) is 5.42. The number of carbonyl (C=O) groups excluding carboxylic acids is 3. The van der Waals surface area contributed by atoms with Crippen LogP contribution in [0.5, 0.6) is 0 Å². The molecule has 0 spiro atoms. The van der Waals surface area contributed by atoms with E-state index in [9.17, 15) is 14.4 Å². The van der Waals surface area contributed by atoms with Crippen LogP contribution in [0, 0.1) is 6.92 Å². The summed E-state index contributed by atoms with van der Waals surface area (Å²) >= 11 is 0. The maximum Gasteiger partial charge on any atom is 0.255 e. The second-order valence-corrected chi connectivity index (χ2v) is 8.50. The van der Waals surface area contributed by atoms with Gasteiger partial charge < -0.3 is 20.1 Å². The highest BCUT2D eigenvalue weighted by Crippen LogP contribution is 2.41. The molecule has 168 valence electrons. The van der Waals surface area contributed by atoms with Crippen molar-refractivity contribution in [1.29, 1.82) is 0 Å². The molecule has 2 N–H and O–H groups in total. The Morgan fingerprint density at radius 3 is 2.55 bits per heavy atom. The number of nitrogens with zero attached hydrogens (tertiary/aromatic N) is 3. The maximum absolute atomic E-state index is 13.0. The van der Waals surface area contributed by atoms with Crippen molar-refractivity contribution in [3.63, 3.8) is 0 Å². The third-order valence-electron chi connectivity index (χ3n) is 6.12. The summed E-state index contributed by atoms with van der Waals surface area (Å²) < 4.78 is 2.04. The van der Waals surface area contributed by atoms with Crippen LogP contribution in [-0.2, 0) is 16.1 Å². The van der Waals surface area contributed by atoms with Crippen LogP contribution < -0.4 is 10.6 Å². The van der Waals surface area contributed by atoms with Gasteiger partial charge in [0.1, 0.15) is 11.9 Å². The molecule has 33 heavy (non-hydrogen) atoms. The van der Waals surface area contributed by atoms with Crippen molar-refractivity contribution in [3.05, 3.63) is 83.4 Å². The van der Waals surface area contributed by atoms with Gasteiger partial charge in [-0.05, 0) is 49.1 Å². The van der Waals surface area contributed by atoms with Crippen LogP contribution in [0.4, 0.5) is 5.69 Å². The molecule has 2 aromatic carbocycles. The second-order valence-electron chi connectivity index (χ2n) is 8.50. The van der Waals surface area contributed by atoms with Gasteiger partial charge in [-0.15, -0.1) is 0 Å². The summed E-state index contributed by atoms with van der Waals surface area (Å²) in [5.74, 6) is 0.178. The van der Waals surface area contributed by atoms with Crippen LogP contribution >= 0.6 is 0 Å². The quantitative estimate of drug-likeness (QED) is 0.587. The highest BCUT2D eigenvalue weighted by molar-refractivity contribution is 6.05. The van der Waals surface area contributed by atoms with Crippen molar-refractivity contribution in [1.82, 2.24) is 19.8 Å². The van der Waals surface area contributed by atoms with Crippen LogP contribution in [0.2, 0.25) is 0 Å². The Morgan fingerprint density at radius 2 is 1.85 bits per heavy atom. The Labute approximate surface area is 191 Å². The monoisotopic (exact) mass is 443 g/mol. The molecule has 0 radical (unpaired) electrons. The lowest BCUT2D eigenvalue weighted by molar-refractivity contribution is -0.127. The molecule has 3 amide bonds. The fraction of sp³-hybridized carbons (Fsp3) is 0.280. The van der Waals surface area contributed by atoms with Crippen molar-refractivity contribution in [2.45, 2.75) is 38.4 Å². The molecular formula is C25H25N5O3. The molecule has 3 aromatic rings. The van der Waals surface area contributed by atoms with E-state index in [0.29, 0.717) is 23.4 Å². The lowest BCUT2D eigenvalue weighted by Crippen LogP contribution is -2.42. The van der Waals surface area contributed by atoms with E-state index in [2.05, 4.69) is 15.6 Å². The van der Waals surface area contributed by atoms with Crippen LogP contribution in [0.15, 0.2) is 60.9 Å². The predicted molar refractivity (Wildman–Crippen MR) is 123 cm³/mol. The van der Waals surface area contributed by atoms with Crippen LogP contribution in [0.1, 0.15) is 46.2 Å². The minimum atomic E-state index is -0.681. The van der Waals surface area contributed by atoms with Gasteiger partial charge in [0.05, 0.1) is 6.54 Å². The summed E-state index contributed by atoms with van der Waals surface area (Å²) in [5.41, 5.74) is 3.02. The van der Waals surface area contributed by atoms with Crippen molar-refractivity contribution in [3.8, 4) is 0 Å². The average Bonchev–Trinajstić information content (AvgIpc) is 3.51. The van der Waals surface area contributed by atoms with E-state index in [1.807, 2.05) is 54.1 Å². The minimum absolute atomic E-state index is 0.0964. The molecule has 1 aromatic heterocycles. The topological polar surface area (TPSA) is 96.3 Å². The molecule has 1 saturated carbocycles. The lowest BCUT2D eigenvalue weighted by atomic mass is 10.0. The second kappa shape index (κ2) is 8.54. The lowest BCUT2D eigenvalue weighted by Gasteiger charge is -2.24. The predicted octanol–water partition coefficient (Wildman–Crippen LogP) is 2.65. The first-order valence-electron chi connectivity index (χ1n) is 11.1. The van der Waals surface area contributed by atoms with Crippen molar-refractivity contribution in [2.75, 3.05) is 11.9 Å². The van der Waals surface area contributed by atoms with E-state index in [4.69, 9.17) is 0 Å². The first kappa shape index (κ1) is 20.9. The van der Waals surface area contributed by atoms with Crippen molar-refractivity contribution in [2.24, 2.45) is 0 Å². The molecule has 1 aliphatic carbocycles. The number of benzene rings is 2. The Bertz CT molecular complexity index is 1210. The number of rotatable bonds is 7. The standard InChI is InChI=1S/C25H25N5O3/c1-16-26-12-13-29(16)15-17-6-8-18(9-7-17)28-22(31)14-27-24(32)23-20-4-2-3-5-21(20)25(33)30(23)19-10-11-19/h2-9,12-13,19,23H,10-11,14-15H2,1H3,(H,27,32)(H,28,31). The number of aromatic nitrogens is 2. The van der Waals surface area contributed by atoms with Gasteiger partial charge in [0.2, 0.25) is 11.8 Å². The fourth-order valence-corrected chi connectivity index (χ4v) is 4.26. The highest BCUT2D eigenvalue weighted by atomic mass is 16.2. The van der Waals surface area contributed by atoms with Gasteiger partial charge in [0, 0.05) is 36.2 Å². The summed E-state index contributed by atoms with van der Waals surface area (Å²) in [6.45, 7) is 2.49. The molecular weight excluding hydrogens is 418 g/mol. The number of carbonyl (C=O) groups is 3. The molecule has 0 saturated heterocycles. The van der Waals surface area contributed by atoms with E-state index < -0.39 is 6.04 Å². The molecule has 8 heteroatoms. The smallest absolute Gasteiger partial charge is 0.255 e. The number of amides is 3. The molecule has 1 fully saturated rings. The third-order valence-corrected chi connectivity index (χ3v) is 6.12. The minimum Gasteiger partial charge on any atom is -0.345 e. The fourth-order valence-electron chi connectivity index (χ4n) is 4.26. The van der Waals surface area contributed by atoms with E-state index >= 15 is 0 Å².